The van der Waals surface area contributed by atoms with E-state index in [-0.39, 0.29) is 16.9 Å². The summed E-state index contributed by atoms with van der Waals surface area (Å²) in [5, 5.41) is 10.8. The lowest BCUT2D eigenvalue weighted by molar-refractivity contribution is -0.385. The van der Waals surface area contributed by atoms with Gasteiger partial charge >= 0.3 is 0 Å². The van der Waals surface area contributed by atoms with Crippen molar-refractivity contribution in [1.82, 2.24) is 4.90 Å². The summed E-state index contributed by atoms with van der Waals surface area (Å²) in [7, 11) is 1.71. The highest BCUT2D eigenvalue weighted by Crippen LogP contribution is 2.25. The molecule has 1 saturated heterocycles. The molecule has 1 fully saturated rings. The molecule has 2 rings (SSSR count). The number of benzene rings is 1. The van der Waals surface area contributed by atoms with Crippen LogP contribution in [0.4, 0.5) is 5.69 Å². The maximum atomic E-state index is 11.3. The summed E-state index contributed by atoms with van der Waals surface area (Å²) in [5.74, 6) is -0.183. The van der Waals surface area contributed by atoms with Gasteiger partial charge in [0.2, 0.25) is 6.41 Å². The molecule has 0 bridgehead atoms. The molecule has 0 saturated carbocycles. The zero-order valence-electron chi connectivity index (χ0n) is 16.8. The molecule has 28 heavy (non-hydrogen) atoms. The van der Waals surface area contributed by atoms with Crippen LogP contribution in [0.25, 0.3) is 0 Å². The first-order valence-corrected chi connectivity index (χ1v) is 9.03. The first-order chi connectivity index (χ1) is 13.1. The smallest absolute Gasteiger partial charge is 0.282 e. The van der Waals surface area contributed by atoms with Gasteiger partial charge < -0.3 is 20.1 Å². The lowest BCUT2D eigenvalue weighted by atomic mass is 9.98. The van der Waals surface area contributed by atoms with Crippen LogP contribution in [0.3, 0.4) is 0 Å². The van der Waals surface area contributed by atoms with Gasteiger partial charge in [-0.1, -0.05) is 0 Å². The van der Waals surface area contributed by atoms with E-state index in [1.54, 1.807) is 12.0 Å². The Hall–Kier alpha value is -2.68. The molecule has 0 radical (unpaired) electrons. The van der Waals surface area contributed by atoms with Gasteiger partial charge in [0.1, 0.15) is 11.3 Å². The van der Waals surface area contributed by atoms with Crippen molar-refractivity contribution in [2.45, 2.75) is 39.2 Å². The van der Waals surface area contributed by atoms with Gasteiger partial charge in [-0.25, -0.2) is 0 Å². The first-order valence-electron chi connectivity index (χ1n) is 9.03. The lowest BCUT2D eigenvalue weighted by Gasteiger charge is -2.28. The van der Waals surface area contributed by atoms with Crippen LogP contribution in [0.1, 0.15) is 44.0 Å². The highest BCUT2D eigenvalue weighted by Gasteiger charge is 2.21. The van der Waals surface area contributed by atoms with Gasteiger partial charge in [0.15, 0.2) is 0 Å². The van der Waals surface area contributed by atoms with Gasteiger partial charge in [-0.15, -0.1) is 0 Å². The highest BCUT2D eigenvalue weighted by atomic mass is 16.6. The Labute approximate surface area is 164 Å². The topological polar surface area (TPSA) is 125 Å². The summed E-state index contributed by atoms with van der Waals surface area (Å²) in [6.45, 7) is 7.89. The Morgan fingerprint density at radius 2 is 1.93 bits per heavy atom. The molecular weight excluding hydrogens is 366 g/mol. The summed E-state index contributed by atoms with van der Waals surface area (Å²) in [6, 6.07) is 3.95. The average molecular weight is 395 g/mol. The van der Waals surface area contributed by atoms with E-state index in [2.05, 4.69) is 0 Å². The number of nitrogens with zero attached hydrogens (tertiary/aromatic N) is 2. The number of piperidine rings is 1. The molecule has 2 N–H and O–H groups in total. The summed E-state index contributed by atoms with van der Waals surface area (Å²) in [5.41, 5.74) is 4.69. The lowest BCUT2D eigenvalue weighted by Crippen LogP contribution is -2.34. The van der Waals surface area contributed by atoms with Crippen molar-refractivity contribution in [3.8, 4) is 5.75 Å². The molecule has 0 spiro atoms. The number of amides is 2. The average Bonchev–Trinajstić information content (AvgIpc) is 2.66. The number of nitrogens with two attached hydrogens (primary N) is 1. The Kier molecular flexibility index (Phi) is 8.84. The maximum Gasteiger partial charge on any atom is 0.282 e. The van der Waals surface area contributed by atoms with Crippen LogP contribution in [-0.4, -0.2) is 54.5 Å². The van der Waals surface area contributed by atoms with Crippen LogP contribution in [0, 0.1) is 16.0 Å². The van der Waals surface area contributed by atoms with Crippen molar-refractivity contribution in [2.24, 2.45) is 11.7 Å². The standard InChI is InChI=1S/C14H17N3O5.C5H12O/c15-14(19)12-7-11(1-2-13(12)17(20)21)22-8-10-3-5-16(9-18)6-4-10;1-5(2,3)6-4/h1-2,7,9-10H,3-6,8H2,(H2,15,19);1-4H3. The fourth-order valence-corrected chi connectivity index (χ4v) is 2.40. The summed E-state index contributed by atoms with van der Waals surface area (Å²) >= 11 is 0. The number of carbonyl (C=O) groups excluding carboxylic acids is 2. The van der Waals surface area contributed by atoms with Crippen molar-refractivity contribution in [3.63, 3.8) is 0 Å². The van der Waals surface area contributed by atoms with E-state index in [1.807, 2.05) is 20.8 Å². The predicted molar refractivity (Wildman–Crippen MR) is 104 cm³/mol. The number of rotatable bonds is 6. The summed E-state index contributed by atoms with van der Waals surface area (Å²) < 4.78 is 10.5. The van der Waals surface area contributed by atoms with E-state index in [4.69, 9.17) is 15.2 Å². The van der Waals surface area contributed by atoms with E-state index >= 15 is 0 Å². The second kappa shape index (κ2) is 10.6. The normalized spacial score (nSPS) is 14.6. The molecule has 9 heteroatoms. The second-order valence-corrected chi connectivity index (χ2v) is 7.51. The molecule has 156 valence electrons. The fraction of sp³-hybridized carbons (Fsp3) is 0.579. The van der Waals surface area contributed by atoms with Crippen molar-refractivity contribution in [3.05, 3.63) is 33.9 Å². The van der Waals surface area contributed by atoms with Gasteiger partial charge in [0.25, 0.3) is 11.6 Å². The summed E-state index contributed by atoms with van der Waals surface area (Å²) in [6.07, 6.45) is 2.52. The number of carbonyl (C=O) groups is 2. The van der Waals surface area contributed by atoms with Crippen LogP contribution < -0.4 is 10.5 Å². The maximum absolute atomic E-state index is 11.3. The quantitative estimate of drug-likeness (QED) is 0.448. The van der Waals surface area contributed by atoms with Gasteiger partial charge in [-0.3, -0.25) is 19.7 Å². The number of likely N-dealkylation sites (tertiary alicyclic amines) is 1. The molecule has 1 aromatic rings. The van der Waals surface area contributed by atoms with E-state index in [0.29, 0.717) is 31.4 Å². The van der Waals surface area contributed by atoms with Gasteiger partial charge in [0, 0.05) is 26.3 Å². The molecule has 9 nitrogen and oxygen atoms in total. The molecule has 1 aromatic carbocycles. The van der Waals surface area contributed by atoms with Crippen molar-refractivity contribution in [1.29, 1.82) is 0 Å². The Balaban J connectivity index is 0.000000568. The number of hydrogen-bond acceptors (Lipinski definition) is 6. The minimum Gasteiger partial charge on any atom is -0.493 e. The number of methoxy groups -OCH3 is 1. The van der Waals surface area contributed by atoms with Gasteiger partial charge in [0.05, 0.1) is 17.1 Å². The third kappa shape index (κ3) is 7.91. The molecular formula is C19H29N3O6. The van der Waals surface area contributed by atoms with Gasteiger partial charge in [-0.05, 0) is 51.7 Å². The molecule has 1 heterocycles. The Bertz CT molecular complexity index is 679. The molecule has 0 atom stereocenters. The molecule has 1 aliphatic heterocycles. The highest BCUT2D eigenvalue weighted by molar-refractivity contribution is 5.97. The SMILES string of the molecule is COC(C)(C)C.NC(=O)c1cc(OCC2CCN(C=O)CC2)ccc1[N+](=O)[O-]. The van der Waals surface area contributed by atoms with E-state index < -0.39 is 10.8 Å². The van der Waals surface area contributed by atoms with Crippen LogP contribution in [-0.2, 0) is 9.53 Å². The monoisotopic (exact) mass is 395 g/mol. The zero-order chi connectivity index (χ0) is 21.3. The zero-order valence-corrected chi connectivity index (χ0v) is 16.8. The molecule has 1 aliphatic rings. The van der Waals surface area contributed by atoms with E-state index in [1.165, 1.54) is 18.2 Å². The number of hydrogen-bond donors (Lipinski definition) is 1. The van der Waals surface area contributed by atoms with Crippen LogP contribution in [0.2, 0.25) is 0 Å². The molecule has 2 amide bonds. The summed E-state index contributed by atoms with van der Waals surface area (Å²) in [4.78, 5) is 33.8. The second-order valence-electron chi connectivity index (χ2n) is 7.51. The Morgan fingerprint density at radius 1 is 1.36 bits per heavy atom. The van der Waals surface area contributed by atoms with Crippen LogP contribution in [0.5, 0.6) is 5.75 Å². The molecule has 0 aromatic heterocycles. The number of nitro benzene ring substituents is 1. The van der Waals surface area contributed by atoms with Crippen molar-refractivity contribution in [2.75, 3.05) is 26.8 Å². The van der Waals surface area contributed by atoms with E-state index in [9.17, 15) is 19.7 Å². The minimum absolute atomic E-state index is 0.0417. The van der Waals surface area contributed by atoms with Crippen molar-refractivity contribution >= 4 is 18.0 Å². The van der Waals surface area contributed by atoms with E-state index in [0.717, 1.165) is 19.3 Å². The number of ether oxygens (including phenoxy) is 2. The van der Waals surface area contributed by atoms with Crippen LogP contribution in [0.15, 0.2) is 18.2 Å². The number of primary amides is 1. The first kappa shape index (κ1) is 23.4. The van der Waals surface area contributed by atoms with Crippen LogP contribution >= 0.6 is 0 Å². The van der Waals surface area contributed by atoms with Crippen molar-refractivity contribution < 1.29 is 24.0 Å². The fourth-order valence-electron chi connectivity index (χ4n) is 2.40. The predicted octanol–water partition coefficient (Wildman–Crippen LogP) is 2.37. The Morgan fingerprint density at radius 3 is 2.36 bits per heavy atom. The minimum atomic E-state index is -0.864. The van der Waals surface area contributed by atoms with Gasteiger partial charge in [-0.2, -0.15) is 0 Å². The number of nitro groups is 1. The third-order valence-corrected chi connectivity index (χ3v) is 4.33. The molecule has 0 unspecified atom stereocenters. The largest absolute Gasteiger partial charge is 0.493 e. The third-order valence-electron chi connectivity index (χ3n) is 4.33. The molecule has 0 aliphatic carbocycles.